The van der Waals surface area contributed by atoms with Crippen molar-refractivity contribution in [2.45, 2.75) is 58.2 Å². The summed E-state index contributed by atoms with van der Waals surface area (Å²) in [5, 5.41) is 3.35. The zero-order valence-corrected chi connectivity index (χ0v) is 9.07. The van der Waals surface area contributed by atoms with Gasteiger partial charge in [0, 0.05) is 6.04 Å². The van der Waals surface area contributed by atoms with Crippen LogP contribution in [0.3, 0.4) is 0 Å². The maximum absolute atomic E-state index is 14.0. The minimum absolute atomic E-state index is 0.425. The van der Waals surface area contributed by atoms with Crippen LogP contribution in [0.4, 0.5) is 4.39 Å². The molecule has 1 aliphatic rings. The Balaban J connectivity index is 2.31. The third kappa shape index (κ3) is 4.08. The van der Waals surface area contributed by atoms with Crippen molar-refractivity contribution in [2.24, 2.45) is 5.92 Å². The molecule has 78 valence electrons. The fourth-order valence-electron chi connectivity index (χ4n) is 2.38. The molecule has 13 heavy (non-hydrogen) atoms. The molecule has 1 fully saturated rings. The maximum Gasteiger partial charge on any atom is 0.110 e. The molecular formula is C11H22FN. The summed E-state index contributed by atoms with van der Waals surface area (Å²) in [7, 11) is 0. The molecule has 0 saturated carbocycles. The fourth-order valence-corrected chi connectivity index (χ4v) is 2.38. The lowest BCUT2D eigenvalue weighted by Gasteiger charge is -2.25. The molecule has 1 heterocycles. The fraction of sp³-hybridized carbons (Fsp3) is 1.00. The minimum atomic E-state index is -0.976. The third-order valence-corrected chi connectivity index (χ3v) is 2.67. The summed E-state index contributed by atoms with van der Waals surface area (Å²) in [4.78, 5) is 0. The summed E-state index contributed by atoms with van der Waals surface area (Å²) < 4.78 is 14.0. The van der Waals surface area contributed by atoms with Crippen LogP contribution < -0.4 is 5.32 Å². The van der Waals surface area contributed by atoms with Crippen LogP contribution in [0.25, 0.3) is 0 Å². The largest absolute Gasteiger partial charge is 0.314 e. The lowest BCUT2D eigenvalue weighted by molar-refractivity contribution is 0.128. The Labute approximate surface area is 81.1 Å². The highest BCUT2D eigenvalue weighted by atomic mass is 19.1. The number of alkyl halides is 1. The van der Waals surface area contributed by atoms with Gasteiger partial charge in [-0.05, 0) is 45.1 Å². The molecule has 0 bridgehead atoms. The SMILES string of the molecule is CC(C)CC(C)(F)CC1CCCN1. The highest BCUT2D eigenvalue weighted by Crippen LogP contribution is 2.28. The molecule has 1 saturated heterocycles. The Morgan fingerprint density at radius 1 is 1.54 bits per heavy atom. The van der Waals surface area contributed by atoms with Crippen molar-refractivity contribution in [1.82, 2.24) is 5.32 Å². The van der Waals surface area contributed by atoms with Crippen molar-refractivity contribution < 1.29 is 4.39 Å². The minimum Gasteiger partial charge on any atom is -0.314 e. The van der Waals surface area contributed by atoms with Crippen molar-refractivity contribution >= 4 is 0 Å². The average molecular weight is 187 g/mol. The first-order valence-corrected chi connectivity index (χ1v) is 5.42. The predicted molar refractivity (Wildman–Crippen MR) is 54.6 cm³/mol. The van der Waals surface area contributed by atoms with Gasteiger partial charge in [0.1, 0.15) is 5.67 Å². The number of rotatable bonds is 4. The highest BCUT2D eigenvalue weighted by Gasteiger charge is 2.29. The van der Waals surface area contributed by atoms with Crippen LogP contribution in [0, 0.1) is 5.92 Å². The van der Waals surface area contributed by atoms with E-state index in [4.69, 9.17) is 0 Å². The molecular weight excluding hydrogens is 165 g/mol. The first kappa shape index (κ1) is 11.0. The van der Waals surface area contributed by atoms with Crippen LogP contribution in [0.2, 0.25) is 0 Å². The average Bonchev–Trinajstić information content (AvgIpc) is 2.34. The first-order chi connectivity index (χ1) is 5.99. The smallest absolute Gasteiger partial charge is 0.110 e. The van der Waals surface area contributed by atoms with Crippen LogP contribution in [-0.2, 0) is 0 Å². The Morgan fingerprint density at radius 2 is 2.23 bits per heavy atom. The van der Waals surface area contributed by atoms with Gasteiger partial charge in [0.2, 0.25) is 0 Å². The Kier molecular flexibility index (Phi) is 3.72. The number of hydrogen-bond donors (Lipinski definition) is 1. The van der Waals surface area contributed by atoms with E-state index in [0.29, 0.717) is 24.8 Å². The van der Waals surface area contributed by atoms with Gasteiger partial charge in [-0.1, -0.05) is 13.8 Å². The van der Waals surface area contributed by atoms with Gasteiger partial charge in [0.05, 0.1) is 0 Å². The van der Waals surface area contributed by atoms with E-state index in [9.17, 15) is 4.39 Å². The summed E-state index contributed by atoms with van der Waals surface area (Å²) in [5.41, 5.74) is -0.976. The molecule has 0 amide bonds. The van der Waals surface area contributed by atoms with Crippen LogP contribution in [0.1, 0.15) is 46.5 Å². The summed E-state index contributed by atoms with van der Waals surface area (Å²) in [6.45, 7) is 6.98. The Hall–Kier alpha value is -0.110. The highest BCUT2D eigenvalue weighted by molar-refractivity contribution is 4.84. The van der Waals surface area contributed by atoms with Crippen molar-refractivity contribution in [3.05, 3.63) is 0 Å². The van der Waals surface area contributed by atoms with Crippen molar-refractivity contribution in [3.8, 4) is 0 Å². The van der Waals surface area contributed by atoms with Gasteiger partial charge in [0.25, 0.3) is 0 Å². The molecule has 0 spiro atoms. The molecule has 2 atom stereocenters. The summed E-state index contributed by atoms with van der Waals surface area (Å²) in [5.74, 6) is 0.455. The quantitative estimate of drug-likeness (QED) is 0.713. The van der Waals surface area contributed by atoms with E-state index in [1.807, 2.05) is 0 Å². The second-order valence-electron chi connectivity index (χ2n) is 5.01. The topological polar surface area (TPSA) is 12.0 Å². The maximum atomic E-state index is 14.0. The molecule has 1 N–H and O–H groups in total. The second kappa shape index (κ2) is 4.41. The number of halogens is 1. The molecule has 1 nitrogen and oxygen atoms in total. The number of hydrogen-bond acceptors (Lipinski definition) is 1. The van der Waals surface area contributed by atoms with Crippen molar-refractivity contribution in [1.29, 1.82) is 0 Å². The zero-order chi connectivity index (χ0) is 9.90. The zero-order valence-electron chi connectivity index (χ0n) is 9.07. The van der Waals surface area contributed by atoms with E-state index in [2.05, 4.69) is 19.2 Å². The molecule has 2 heteroatoms. The second-order valence-corrected chi connectivity index (χ2v) is 5.01. The van der Waals surface area contributed by atoms with E-state index in [1.165, 1.54) is 6.42 Å². The van der Waals surface area contributed by atoms with E-state index >= 15 is 0 Å². The molecule has 1 rings (SSSR count). The lowest BCUT2D eigenvalue weighted by atomic mass is 9.89. The van der Waals surface area contributed by atoms with Gasteiger partial charge >= 0.3 is 0 Å². The van der Waals surface area contributed by atoms with Gasteiger partial charge in [-0.15, -0.1) is 0 Å². The Morgan fingerprint density at radius 3 is 2.69 bits per heavy atom. The molecule has 0 aliphatic carbocycles. The molecule has 2 unspecified atom stereocenters. The van der Waals surface area contributed by atoms with Gasteiger partial charge in [-0.2, -0.15) is 0 Å². The lowest BCUT2D eigenvalue weighted by Crippen LogP contribution is -2.32. The van der Waals surface area contributed by atoms with Gasteiger partial charge in [-0.25, -0.2) is 4.39 Å². The molecule has 1 aliphatic heterocycles. The first-order valence-electron chi connectivity index (χ1n) is 5.42. The molecule has 0 aromatic heterocycles. The molecule has 0 aromatic carbocycles. The summed E-state index contributed by atoms with van der Waals surface area (Å²) in [6, 6.07) is 0.425. The predicted octanol–water partition coefficient (Wildman–Crippen LogP) is 2.90. The summed E-state index contributed by atoms with van der Waals surface area (Å²) >= 11 is 0. The molecule has 0 aromatic rings. The van der Waals surface area contributed by atoms with E-state index < -0.39 is 5.67 Å². The summed E-state index contributed by atoms with van der Waals surface area (Å²) in [6.07, 6.45) is 3.73. The van der Waals surface area contributed by atoms with Gasteiger partial charge in [0.15, 0.2) is 0 Å². The third-order valence-electron chi connectivity index (χ3n) is 2.67. The van der Waals surface area contributed by atoms with Crippen molar-refractivity contribution in [2.75, 3.05) is 6.54 Å². The standard InChI is InChI=1S/C11H22FN/c1-9(2)7-11(3,12)8-10-5-4-6-13-10/h9-10,13H,4-8H2,1-3H3. The monoisotopic (exact) mass is 187 g/mol. The normalized spacial score (nSPS) is 27.9. The van der Waals surface area contributed by atoms with E-state index in [0.717, 1.165) is 13.0 Å². The van der Waals surface area contributed by atoms with Crippen molar-refractivity contribution in [3.63, 3.8) is 0 Å². The van der Waals surface area contributed by atoms with Crippen LogP contribution in [0.15, 0.2) is 0 Å². The van der Waals surface area contributed by atoms with Crippen LogP contribution in [-0.4, -0.2) is 18.3 Å². The Bertz CT molecular complexity index is 148. The van der Waals surface area contributed by atoms with Crippen LogP contribution in [0.5, 0.6) is 0 Å². The van der Waals surface area contributed by atoms with Gasteiger partial charge < -0.3 is 5.32 Å². The molecule has 0 radical (unpaired) electrons. The van der Waals surface area contributed by atoms with E-state index in [-0.39, 0.29) is 0 Å². The number of nitrogens with one attached hydrogen (secondary N) is 1. The van der Waals surface area contributed by atoms with Gasteiger partial charge in [-0.3, -0.25) is 0 Å². The van der Waals surface area contributed by atoms with Crippen LogP contribution >= 0.6 is 0 Å². The van der Waals surface area contributed by atoms with E-state index in [1.54, 1.807) is 6.92 Å².